The molecule has 1 atom stereocenters. The third-order valence-electron chi connectivity index (χ3n) is 2.95. The first-order valence-corrected chi connectivity index (χ1v) is 6.98. The highest BCUT2D eigenvalue weighted by atomic mass is 79.9. The molecule has 0 aromatic carbocycles. The van der Waals surface area contributed by atoms with E-state index >= 15 is 0 Å². The van der Waals surface area contributed by atoms with Gasteiger partial charge in [0, 0.05) is 19.2 Å². The lowest BCUT2D eigenvalue weighted by atomic mass is 10.1. The molecule has 0 radical (unpaired) electrons. The molecule has 1 saturated heterocycles. The molecular weight excluding hydrogens is 296 g/mol. The van der Waals surface area contributed by atoms with E-state index in [1.807, 2.05) is 13.0 Å². The predicted molar refractivity (Wildman–Crippen MR) is 73.5 cm³/mol. The Bertz CT molecular complexity index is 431. The minimum absolute atomic E-state index is 0.0115. The standard InChI is InChI=1S/C13H17BrN2O2/c1-9-7-11(14)13(15-8-9)16-12(17)5-4-10-3-2-6-18-10/h7-8,10H,2-6H2,1H3,(H,15,16,17)/t10-/m0/s1. The van der Waals surface area contributed by atoms with Gasteiger partial charge in [0.2, 0.25) is 5.91 Å². The van der Waals surface area contributed by atoms with Crippen LogP contribution in [0.2, 0.25) is 0 Å². The van der Waals surface area contributed by atoms with Gasteiger partial charge in [-0.2, -0.15) is 0 Å². The van der Waals surface area contributed by atoms with Gasteiger partial charge in [0.15, 0.2) is 0 Å². The lowest BCUT2D eigenvalue weighted by Crippen LogP contribution is -2.16. The molecule has 0 unspecified atom stereocenters. The number of rotatable bonds is 4. The zero-order valence-corrected chi connectivity index (χ0v) is 12.0. The molecule has 4 nitrogen and oxygen atoms in total. The molecule has 1 aromatic heterocycles. The van der Waals surface area contributed by atoms with Gasteiger partial charge in [-0.1, -0.05) is 0 Å². The Labute approximate surface area is 115 Å². The smallest absolute Gasteiger partial charge is 0.225 e. The van der Waals surface area contributed by atoms with E-state index in [0.717, 1.165) is 35.9 Å². The normalized spacial score (nSPS) is 18.9. The molecule has 5 heteroatoms. The highest BCUT2D eigenvalue weighted by Crippen LogP contribution is 2.21. The van der Waals surface area contributed by atoms with Gasteiger partial charge in [-0.3, -0.25) is 4.79 Å². The molecule has 98 valence electrons. The van der Waals surface area contributed by atoms with E-state index < -0.39 is 0 Å². The lowest BCUT2D eigenvalue weighted by molar-refractivity contribution is -0.116. The highest BCUT2D eigenvalue weighted by molar-refractivity contribution is 9.10. The Morgan fingerprint density at radius 3 is 3.17 bits per heavy atom. The highest BCUT2D eigenvalue weighted by Gasteiger charge is 2.17. The van der Waals surface area contributed by atoms with Crippen LogP contribution in [0.25, 0.3) is 0 Å². The van der Waals surface area contributed by atoms with Crippen molar-refractivity contribution in [3.8, 4) is 0 Å². The van der Waals surface area contributed by atoms with Crippen LogP contribution in [-0.4, -0.2) is 23.6 Å². The largest absolute Gasteiger partial charge is 0.378 e. The Morgan fingerprint density at radius 1 is 1.67 bits per heavy atom. The number of amides is 1. The van der Waals surface area contributed by atoms with Gasteiger partial charge >= 0.3 is 0 Å². The number of carbonyl (C=O) groups is 1. The number of hydrogen-bond donors (Lipinski definition) is 1. The molecule has 0 spiro atoms. The molecule has 0 bridgehead atoms. The Kier molecular flexibility index (Phi) is 4.72. The van der Waals surface area contributed by atoms with Crippen LogP contribution in [0, 0.1) is 6.92 Å². The van der Waals surface area contributed by atoms with E-state index in [1.165, 1.54) is 0 Å². The van der Waals surface area contributed by atoms with Crippen LogP contribution in [0.3, 0.4) is 0 Å². The van der Waals surface area contributed by atoms with Gasteiger partial charge in [0.25, 0.3) is 0 Å². The van der Waals surface area contributed by atoms with Crippen LogP contribution >= 0.6 is 15.9 Å². The molecule has 2 heterocycles. The van der Waals surface area contributed by atoms with Gasteiger partial charge in [-0.15, -0.1) is 0 Å². The summed E-state index contributed by atoms with van der Waals surface area (Å²) in [6, 6.07) is 1.93. The number of aryl methyl sites for hydroxylation is 1. The van der Waals surface area contributed by atoms with Gasteiger partial charge < -0.3 is 10.1 Å². The van der Waals surface area contributed by atoms with Crippen molar-refractivity contribution in [1.29, 1.82) is 0 Å². The topological polar surface area (TPSA) is 51.2 Å². The van der Waals surface area contributed by atoms with Crippen molar-refractivity contribution < 1.29 is 9.53 Å². The van der Waals surface area contributed by atoms with E-state index in [9.17, 15) is 4.79 Å². The summed E-state index contributed by atoms with van der Waals surface area (Å²) < 4.78 is 6.30. The second-order valence-electron chi connectivity index (χ2n) is 4.56. The van der Waals surface area contributed by atoms with Crippen molar-refractivity contribution in [3.05, 3.63) is 22.3 Å². The van der Waals surface area contributed by atoms with Gasteiger partial charge in [0.1, 0.15) is 5.82 Å². The summed E-state index contributed by atoms with van der Waals surface area (Å²) in [5.41, 5.74) is 1.05. The zero-order valence-electron chi connectivity index (χ0n) is 10.4. The summed E-state index contributed by atoms with van der Waals surface area (Å²) in [5, 5.41) is 2.81. The molecule has 1 N–H and O–H groups in total. The number of carbonyl (C=O) groups excluding carboxylic acids is 1. The fourth-order valence-electron chi connectivity index (χ4n) is 1.98. The summed E-state index contributed by atoms with van der Waals surface area (Å²) in [6.07, 6.45) is 5.43. The molecule has 2 rings (SSSR count). The summed E-state index contributed by atoms with van der Waals surface area (Å²) in [4.78, 5) is 16.0. The number of nitrogens with one attached hydrogen (secondary N) is 1. The van der Waals surface area contributed by atoms with Crippen molar-refractivity contribution >= 4 is 27.7 Å². The van der Waals surface area contributed by atoms with Crippen LogP contribution in [0.4, 0.5) is 5.82 Å². The van der Waals surface area contributed by atoms with E-state index in [4.69, 9.17) is 4.74 Å². The first-order chi connectivity index (χ1) is 8.65. The minimum atomic E-state index is -0.0115. The Balaban J connectivity index is 1.82. The molecular formula is C13H17BrN2O2. The van der Waals surface area contributed by atoms with E-state index in [0.29, 0.717) is 12.2 Å². The Morgan fingerprint density at radius 2 is 2.50 bits per heavy atom. The predicted octanol–water partition coefficient (Wildman–Crippen LogP) is 3.05. The molecule has 18 heavy (non-hydrogen) atoms. The molecule has 1 aliphatic rings. The van der Waals surface area contributed by atoms with E-state index in [2.05, 4.69) is 26.2 Å². The molecule has 1 fully saturated rings. The maximum atomic E-state index is 11.8. The quantitative estimate of drug-likeness (QED) is 0.929. The molecule has 1 amide bonds. The second kappa shape index (κ2) is 6.29. The summed E-state index contributed by atoms with van der Waals surface area (Å²) in [7, 11) is 0. The first kappa shape index (κ1) is 13.5. The monoisotopic (exact) mass is 312 g/mol. The SMILES string of the molecule is Cc1cnc(NC(=O)CC[C@@H]2CCCO2)c(Br)c1. The number of hydrogen-bond acceptors (Lipinski definition) is 3. The van der Waals surface area contributed by atoms with Gasteiger partial charge in [-0.05, 0) is 53.7 Å². The van der Waals surface area contributed by atoms with Crippen LogP contribution in [0.5, 0.6) is 0 Å². The summed E-state index contributed by atoms with van der Waals surface area (Å²) >= 11 is 3.39. The van der Waals surface area contributed by atoms with Crippen LogP contribution in [0.15, 0.2) is 16.7 Å². The van der Waals surface area contributed by atoms with Gasteiger partial charge in [-0.25, -0.2) is 4.98 Å². The second-order valence-corrected chi connectivity index (χ2v) is 5.42. The lowest BCUT2D eigenvalue weighted by Gasteiger charge is -2.10. The average Bonchev–Trinajstić information content (AvgIpc) is 2.83. The average molecular weight is 313 g/mol. The van der Waals surface area contributed by atoms with Crippen LogP contribution in [0.1, 0.15) is 31.2 Å². The number of anilines is 1. The minimum Gasteiger partial charge on any atom is -0.378 e. The van der Waals surface area contributed by atoms with Crippen LogP contribution in [-0.2, 0) is 9.53 Å². The van der Waals surface area contributed by atoms with Crippen molar-refractivity contribution in [2.45, 2.75) is 38.7 Å². The number of halogens is 1. The maximum absolute atomic E-state index is 11.8. The number of aromatic nitrogens is 1. The summed E-state index contributed by atoms with van der Waals surface area (Å²) in [6.45, 7) is 2.79. The number of ether oxygens (including phenoxy) is 1. The third-order valence-corrected chi connectivity index (χ3v) is 3.56. The summed E-state index contributed by atoms with van der Waals surface area (Å²) in [5.74, 6) is 0.570. The third kappa shape index (κ3) is 3.78. The fraction of sp³-hybridized carbons (Fsp3) is 0.538. The molecule has 1 aliphatic heterocycles. The van der Waals surface area contributed by atoms with E-state index in [-0.39, 0.29) is 12.0 Å². The molecule has 0 saturated carbocycles. The molecule has 1 aromatic rings. The van der Waals surface area contributed by atoms with Crippen LogP contribution < -0.4 is 5.32 Å². The number of nitrogens with zero attached hydrogens (tertiary/aromatic N) is 1. The van der Waals surface area contributed by atoms with Crippen molar-refractivity contribution in [1.82, 2.24) is 4.98 Å². The maximum Gasteiger partial charge on any atom is 0.225 e. The van der Waals surface area contributed by atoms with Crippen molar-refractivity contribution in [3.63, 3.8) is 0 Å². The number of pyridine rings is 1. The Hall–Kier alpha value is -0.940. The fourth-order valence-corrected chi connectivity index (χ4v) is 2.55. The van der Waals surface area contributed by atoms with Crippen molar-refractivity contribution in [2.75, 3.05) is 11.9 Å². The van der Waals surface area contributed by atoms with Crippen molar-refractivity contribution in [2.24, 2.45) is 0 Å². The molecule has 0 aliphatic carbocycles. The van der Waals surface area contributed by atoms with E-state index in [1.54, 1.807) is 6.20 Å². The zero-order chi connectivity index (χ0) is 13.0. The first-order valence-electron chi connectivity index (χ1n) is 6.19. The van der Waals surface area contributed by atoms with Gasteiger partial charge in [0.05, 0.1) is 10.6 Å².